The molecule has 0 saturated carbocycles. The minimum atomic E-state index is -0.273. The van der Waals surface area contributed by atoms with Crippen LogP contribution in [0.5, 0.6) is 0 Å². The highest BCUT2D eigenvalue weighted by molar-refractivity contribution is 5.37. The molecule has 2 nitrogen and oxygen atoms in total. The van der Waals surface area contributed by atoms with Crippen molar-refractivity contribution >= 4 is 0 Å². The summed E-state index contributed by atoms with van der Waals surface area (Å²) in [6, 6.07) is 6.15. The first-order valence-electron chi connectivity index (χ1n) is 6.07. The van der Waals surface area contributed by atoms with Gasteiger partial charge in [-0.3, -0.25) is 0 Å². The van der Waals surface area contributed by atoms with Gasteiger partial charge in [-0.1, -0.05) is 52.8 Å². The Balaban J connectivity index is 3.34. The lowest BCUT2D eigenvalue weighted by Crippen LogP contribution is -2.23. The number of aliphatic hydroxyl groups is 2. The average molecular weight is 236 g/mol. The lowest BCUT2D eigenvalue weighted by molar-refractivity contribution is 0.218. The van der Waals surface area contributed by atoms with Crippen LogP contribution >= 0.6 is 0 Å². The van der Waals surface area contributed by atoms with Crippen molar-refractivity contribution in [1.82, 2.24) is 0 Å². The fraction of sp³-hybridized carbons (Fsp3) is 0.600. The molecule has 0 aliphatic carbocycles. The molecule has 0 saturated heterocycles. The lowest BCUT2D eigenvalue weighted by atomic mass is 9.79. The van der Waals surface area contributed by atoms with Gasteiger partial charge in [0, 0.05) is 5.41 Å². The molecule has 17 heavy (non-hydrogen) atoms. The van der Waals surface area contributed by atoms with Crippen LogP contribution in [-0.4, -0.2) is 16.8 Å². The summed E-state index contributed by atoms with van der Waals surface area (Å²) in [6.07, 6.45) is 0. The van der Waals surface area contributed by atoms with E-state index in [2.05, 4.69) is 26.8 Å². The van der Waals surface area contributed by atoms with Gasteiger partial charge in [-0.05, 0) is 22.1 Å². The summed E-state index contributed by atoms with van der Waals surface area (Å²) in [5, 5.41) is 18.8. The second kappa shape index (κ2) is 4.79. The molecule has 0 fully saturated rings. The molecular weight excluding hydrogens is 212 g/mol. The zero-order chi connectivity index (χ0) is 13.3. The molecule has 1 aromatic rings. The Hall–Kier alpha value is -0.860. The molecule has 96 valence electrons. The molecule has 2 N–H and O–H groups in total. The molecule has 0 spiro atoms. The first-order chi connectivity index (χ1) is 7.70. The summed E-state index contributed by atoms with van der Waals surface area (Å²) < 4.78 is 0. The number of hydrogen-bond donors (Lipinski definition) is 2. The van der Waals surface area contributed by atoms with Crippen LogP contribution in [0.15, 0.2) is 18.2 Å². The normalized spacial score (nSPS) is 12.9. The quantitative estimate of drug-likeness (QED) is 0.847. The van der Waals surface area contributed by atoms with Crippen LogP contribution < -0.4 is 0 Å². The van der Waals surface area contributed by atoms with Crippen LogP contribution in [-0.2, 0) is 17.4 Å². The predicted octanol–water partition coefficient (Wildman–Crippen LogP) is 2.75. The van der Waals surface area contributed by atoms with Gasteiger partial charge in [0.15, 0.2) is 0 Å². The molecular formula is C15H24O2. The van der Waals surface area contributed by atoms with Crippen LogP contribution in [0.25, 0.3) is 0 Å². The largest absolute Gasteiger partial charge is 0.395 e. The molecule has 0 unspecified atom stereocenters. The van der Waals surface area contributed by atoms with Crippen molar-refractivity contribution in [2.45, 2.75) is 52.1 Å². The predicted molar refractivity (Wildman–Crippen MR) is 71.2 cm³/mol. The molecule has 0 atom stereocenters. The van der Waals surface area contributed by atoms with Crippen molar-refractivity contribution in [3.05, 3.63) is 34.9 Å². The Kier molecular flexibility index (Phi) is 4.00. The van der Waals surface area contributed by atoms with Gasteiger partial charge in [-0.2, -0.15) is 0 Å². The van der Waals surface area contributed by atoms with Crippen LogP contribution in [0, 0.1) is 0 Å². The van der Waals surface area contributed by atoms with Crippen molar-refractivity contribution in [2.75, 3.05) is 6.61 Å². The molecule has 2 heteroatoms. The van der Waals surface area contributed by atoms with E-state index in [0.717, 1.165) is 11.1 Å². The lowest BCUT2D eigenvalue weighted by Gasteiger charge is -2.27. The van der Waals surface area contributed by atoms with E-state index in [-0.39, 0.29) is 24.0 Å². The zero-order valence-electron chi connectivity index (χ0n) is 11.5. The SMILES string of the molecule is CC(C)(C)c1cc(CO)cc(C(C)(C)CO)c1. The van der Waals surface area contributed by atoms with Gasteiger partial charge in [-0.25, -0.2) is 0 Å². The highest BCUT2D eigenvalue weighted by Gasteiger charge is 2.23. The van der Waals surface area contributed by atoms with Gasteiger partial charge in [0.2, 0.25) is 0 Å². The Labute approximate surface area is 104 Å². The first-order valence-corrected chi connectivity index (χ1v) is 6.07. The topological polar surface area (TPSA) is 40.5 Å². The Bertz CT molecular complexity index is 386. The third-order valence-corrected chi connectivity index (χ3v) is 3.22. The Morgan fingerprint density at radius 2 is 1.41 bits per heavy atom. The molecule has 0 bridgehead atoms. The van der Waals surface area contributed by atoms with Crippen molar-refractivity contribution < 1.29 is 10.2 Å². The summed E-state index contributed by atoms with van der Waals surface area (Å²) in [6.45, 7) is 10.6. The van der Waals surface area contributed by atoms with E-state index in [1.54, 1.807) is 0 Å². The van der Waals surface area contributed by atoms with Gasteiger partial charge >= 0.3 is 0 Å². The van der Waals surface area contributed by atoms with Crippen LogP contribution in [0.3, 0.4) is 0 Å². The third kappa shape index (κ3) is 3.30. The van der Waals surface area contributed by atoms with Crippen molar-refractivity contribution in [3.63, 3.8) is 0 Å². The van der Waals surface area contributed by atoms with Crippen LogP contribution in [0.1, 0.15) is 51.3 Å². The Morgan fingerprint density at radius 3 is 1.82 bits per heavy atom. The highest BCUT2D eigenvalue weighted by Crippen LogP contribution is 2.30. The summed E-state index contributed by atoms with van der Waals surface area (Å²) in [5.41, 5.74) is 2.96. The van der Waals surface area contributed by atoms with Crippen molar-refractivity contribution in [2.24, 2.45) is 0 Å². The third-order valence-electron chi connectivity index (χ3n) is 3.22. The summed E-state index contributed by atoms with van der Waals surface area (Å²) in [4.78, 5) is 0. The monoisotopic (exact) mass is 236 g/mol. The van der Waals surface area contributed by atoms with Gasteiger partial charge in [0.1, 0.15) is 0 Å². The van der Waals surface area contributed by atoms with Crippen LogP contribution in [0.4, 0.5) is 0 Å². The van der Waals surface area contributed by atoms with Gasteiger partial charge in [0.25, 0.3) is 0 Å². The van der Waals surface area contributed by atoms with Gasteiger partial charge in [-0.15, -0.1) is 0 Å². The molecule has 0 amide bonds. The highest BCUT2D eigenvalue weighted by atomic mass is 16.3. The summed E-state index contributed by atoms with van der Waals surface area (Å²) in [7, 11) is 0. The van der Waals surface area contributed by atoms with E-state index in [4.69, 9.17) is 0 Å². The minimum absolute atomic E-state index is 0.0401. The fourth-order valence-electron chi connectivity index (χ4n) is 1.70. The van der Waals surface area contributed by atoms with Crippen LogP contribution in [0.2, 0.25) is 0 Å². The maximum atomic E-state index is 9.44. The standard InChI is InChI=1S/C15H24O2/c1-14(2,3)12-6-11(9-16)7-13(8-12)15(4,5)10-17/h6-8,16-17H,9-10H2,1-5H3. The number of benzene rings is 1. The second-order valence-corrected chi connectivity index (χ2v) is 6.37. The van der Waals surface area contributed by atoms with E-state index < -0.39 is 0 Å². The van der Waals surface area contributed by atoms with Crippen molar-refractivity contribution in [3.8, 4) is 0 Å². The molecule has 0 aliphatic heterocycles. The summed E-state index contributed by atoms with van der Waals surface area (Å²) in [5.74, 6) is 0. The van der Waals surface area contributed by atoms with E-state index in [1.165, 1.54) is 5.56 Å². The number of rotatable bonds is 3. The van der Waals surface area contributed by atoms with Gasteiger partial charge < -0.3 is 10.2 Å². The number of aliphatic hydroxyl groups excluding tert-OH is 2. The molecule has 0 heterocycles. The molecule has 0 radical (unpaired) electrons. The first kappa shape index (κ1) is 14.2. The van der Waals surface area contributed by atoms with E-state index in [1.807, 2.05) is 26.0 Å². The maximum Gasteiger partial charge on any atom is 0.0682 e. The minimum Gasteiger partial charge on any atom is -0.395 e. The van der Waals surface area contributed by atoms with E-state index in [0.29, 0.717) is 0 Å². The van der Waals surface area contributed by atoms with E-state index in [9.17, 15) is 10.2 Å². The Morgan fingerprint density at radius 1 is 0.882 bits per heavy atom. The van der Waals surface area contributed by atoms with Gasteiger partial charge in [0.05, 0.1) is 13.2 Å². The molecule has 0 aromatic heterocycles. The second-order valence-electron chi connectivity index (χ2n) is 6.37. The summed E-state index contributed by atoms with van der Waals surface area (Å²) >= 11 is 0. The van der Waals surface area contributed by atoms with Crippen molar-refractivity contribution in [1.29, 1.82) is 0 Å². The molecule has 0 aliphatic rings. The smallest absolute Gasteiger partial charge is 0.0682 e. The van der Waals surface area contributed by atoms with E-state index >= 15 is 0 Å². The zero-order valence-corrected chi connectivity index (χ0v) is 11.5. The number of hydrogen-bond acceptors (Lipinski definition) is 2. The average Bonchev–Trinajstić information content (AvgIpc) is 2.27. The molecule has 1 aromatic carbocycles. The fourth-order valence-corrected chi connectivity index (χ4v) is 1.70. The molecule has 1 rings (SSSR count). The maximum absolute atomic E-state index is 9.44.